The number of amides is 2. The zero-order valence-corrected chi connectivity index (χ0v) is 13.9. The molecule has 1 aromatic rings. The molecule has 1 aromatic carbocycles. The molecule has 1 atom stereocenters. The standard InChI is InChI=1S/C19H20N2O3/c1-19(2)10-13-17(14(22)11-19)18(12-6-4-3-5-7-12)21-16(24)9-8-15(23)20(13)21/h3-7,18H,8-11H2,1-2H3. The Kier molecular flexibility index (Phi) is 3.17. The zero-order valence-electron chi connectivity index (χ0n) is 13.9. The second kappa shape index (κ2) is 5.03. The number of allylic oxidation sites excluding steroid dienone is 1. The summed E-state index contributed by atoms with van der Waals surface area (Å²) in [7, 11) is 0. The average Bonchev–Trinajstić information content (AvgIpc) is 2.87. The van der Waals surface area contributed by atoms with E-state index in [2.05, 4.69) is 0 Å². The van der Waals surface area contributed by atoms with Gasteiger partial charge in [-0.1, -0.05) is 44.2 Å². The zero-order chi connectivity index (χ0) is 17.1. The molecule has 0 aromatic heterocycles. The molecular weight excluding hydrogens is 304 g/mol. The van der Waals surface area contributed by atoms with Crippen molar-refractivity contribution >= 4 is 17.6 Å². The Labute approximate surface area is 140 Å². The van der Waals surface area contributed by atoms with Gasteiger partial charge in [0.15, 0.2) is 5.78 Å². The maximum Gasteiger partial charge on any atom is 0.246 e. The van der Waals surface area contributed by atoms with Crippen LogP contribution in [0.5, 0.6) is 0 Å². The summed E-state index contributed by atoms with van der Waals surface area (Å²) in [6.45, 7) is 4.07. The van der Waals surface area contributed by atoms with Crippen molar-refractivity contribution < 1.29 is 14.4 Å². The van der Waals surface area contributed by atoms with Crippen LogP contribution in [-0.4, -0.2) is 27.6 Å². The van der Waals surface area contributed by atoms with Crippen molar-refractivity contribution in [3.05, 3.63) is 47.2 Å². The Hall–Kier alpha value is -2.43. The lowest BCUT2D eigenvalue weighted by Gasteiger charge is -2.38. The molecule has 1 saturated heterocycles. The van der Waals surface area contributed by atoms with Crippen molar-refractivity contribution in [2.24, 2.45) is 5.41 Å². The first-order valence-electron chi connectivity index (χ1n) is 8.35. The third-order valence-corrected chi connectivity index (χ3v) is 5.05. The monoisotopic (exact) mass is 324 g/mol. The van der Waals surface area contributed by atoms with Gasteiger partial charge in [0.2, 0.25) is 11.8 Å². The molecular formula is C19H20N2O3. The van der Waals surface area contributed by atoms with E-state index in [1.807, 2.05) is 44.2 Å². The summed E-state index contributed by atoms with van der Waals surface area (Å²) in [5.74, 6) is -0.139. The summed E-state index contributed by atoms with van der Waals surface area (Å²) in [6, 6.07) is 9.05. The maximum atomic E-state index is 12.9. The normalized spacial score (nSPS) is 25.9. The molecule has 3 aliphatic rings. The fraction of sp³-hybridized carbons (Fsp3) is 0.421. The largest absolute Gasteiger partial charge is 0.294 e. The van der Waals surface area contributed by atoms with Crippen LogP contribution in [-0.2, 0) is 14.4 Å². The van der Waals surface area contributed by atoms with Crippen molar-refractivity contribution in [2.75, 3.05) is 0 Å². The molecule has 2 aliphatic heterocycles. The van der Waals surface area contributed by atoms with Gasteiger partial charge in [-0.3, -0.25) is 14.4 Å². The molecule has 0 radical (unpaired) electrons. The third-order valence-electron chi connectivity index (χ3n) is 5.05. The first-order valence-corrected chi connectivity index (χ1v) is 8.35. The van der Waals surface area contributed by atoms with Crippen molar-refractivity contribution in [3.63, 3.8) is 0 Å². The smallest absolute Gasteiger partial charge is 0.246 e. The van der Waals surface area contributed by atoms with Crippen LogP contribution < -0.4 is 0 Å². The number of benzene rings is 1. The van der Waals surface area contributed by atoms with Crippen LogP contribution in [0, 0.1) is 5.41 Å². The summed E-state index contributed by atoms with van der Waals surface area (Å²) in [5, 5.41) is 3.02. The summed E-state index contributed by atoms with van der Waals surface area (Å²) in [5.41, 5.74) is 2.03. The SMILES string of the molecule is CC1(C)CC(=O)C2=C(C1)N1C(=O)CCC(=O)N1C2c1ccccc1. The first kappa shape index (κ1) is 15.1. The summed E-state index contributed by atoms with van der Waals surface area (Å²) in [4.78, 5) is 38.1. The van der Waals surface area contributed by atoms with Gasteiger partial charge in [-0.15, -0.1) is 0 Å². The minimum atomic E-state index is -0.471. The fourth-order valence-corrected chi connectivity index (χ4v) is 4.07. The second-order valence-electron chi connectivity index (χ2n) is 7.56. The minimum Gasteiger partial charge on any atom is -0.294 e. The number of nitrogens with zero attached hydrogens (tertiary/aromatic N) is 2. The highest BCUT2D eigenvalue weighted by molar-refractivity contribution is 6.03. The minimum absolute atomic E-state index is 0.0464. The first-order chi connectivity index (χ1) is 11.4. The predicted octanol–water partition coefficient (Wildman–Crippen LogP) is 2.75. The van der Waals surface area contributed by atoms with Crippen molar-refractivity contribution in [3.8, 4) is 0 Å². The molecule has 5 nitrogen and oxygen atoms in total. The Morgan fingerprint density at radius 2 is 1.62 bits per heavy atom. The average molecular weight is 324 g/mol. The van der Waals surface area contributed by atoms with Crippen molar-refractivity contribution in [2.45, 2.75) is 45.6 Å². The Morgan fingerprint density at radius 1 is 0.958 bits per heavy atom. The van der Waals surface area contributed by atoms with Gasteiger partial charge < -0.3 is 0 Å². The van der Waals surface area contributed by atoms with Crippen LogP contribution >= 0.6 is 0 Å². The topological polar surface area (TPSA) is 57.7 Å². The lowest BCUT2D eigenvalue weighted by atomic mass is 9.74. The number of ketones is 1. The van der Waals surface area contributed by atoms with Gasteiger partial charge in [-0.25, -0.2) is 10.0 Å². The summed E-state index contributed by atoms with van der Waals surface area (Å²) >= 11 is 0. The number of carbonyl (C=O) groups is 3. The molecule has 0 bridgehead atoms. The van der Waals surface area contributed by atoms with E-state index >= 15 is 0 Å². The number of hydrazine groups is 1. The van der Waals surface area contributed by atoms with Crippen LogP contribution in [0.25, 0.3) is 0 Å². The van der Waals surface area contributed by atoms with Crippen LogP contribution in [0.2, 0.25) is 0 Å². The van der Waals surface area contributed by atoms with Gasteiger partial charge in [-0.2, -0.15) is 0 Å². The Morgan fingerprint density at radius 3 is 2.33 bits per heavy atom. The van der Waals surface area contributed by atoms with Gasteiger partial charge in [0, 0.05) is 24.8 Å². The molecule has 1 unspecified atom stereocenters. The Balaban J connectivity index is 1.91. The maximum absolute atomic E-state index is 12.9. The lowest BCUT2D eigenvalue weighted by molar-refractivity contribution is -0.167. The quantitative estimate of drug-likeness (QED) is 0.798. The molecule has 1 aliphatic carbocycles. The predicted molar refractivity (Wildman–Crippen MR) is 87.2 cm³/mol. The molecule has 124 valence electrons. The van der Waals surface area contributed by atoms with E-state index < -0.39 is 6.04 Å². The molecule has 2 heterocycles. The van der Waals surface area contributed by atoms with Crippen LogP contribution in [0.1, 0.15) is 51.1 Å². The summed E-state index contributed by atoms with van der Waals surface area (Å²) < 4.78 is 0. The van der Waals surface area contributed by atoms with Gasteiger partial charge in [0.05, 0.1) is 5.70 Å². The molecule has 0 saturated carbocycles. The number of carbonyl (C=O) groups excluding carboxylic acids is 3. The van der Waals surface area contributed by atoms with Gasteiger partial charge in [0.25, 0.3) is 0 Å². The number of hydrogen-bond donors (Lipinski definition) is 0. The van der Waals surface area contributed by atoms with Gasteiger partial charge in [-0.05, 0) is 17.4 Å². The highest BCUT2D eigenvalue weighted by Crippen LogP contribution is 2.50. The third kappa shape index (κ3) is 2.11. The van der Waals surface area contributed by atoms with E-state index in [0.717, 1.165) is 11.3 Å². The number of hydrogen-bond acceptors (Lipinski definition) is 3. The van der Waals surface area contributed by atoms with Crippen molar-refractivity contribution in [1.82, 2.24) is 10.0 Å². The molecule has 0 N–H and O–H groups in total. The van der Waals surface area contributed by atoms with Gasteiger partial charge in [0.1, 0.15) is 6.04 Å². The van der Waals surface area contributed by atoms with E-state index in [1.54, 1.807) is 0 Å². The molecule has 5 heteroatoms. The van der Waals surface area contributed by atoms with Gasteiger partial charge >= 0.3 is 0 Å². The molecule has 0 spiro atoms. The number of rotatable bonds is 1. The second-order valence-corrected chi connectivity index (χ2v) is 7.56. The summed E-state index contributed by atoms with van der Waals surface area (Å²) in [6.07, 6.45) is 1.49. The van der Waals surface area contributed by atoms with E-state index in [0.29, 0.717) is 18.4 Å². The molecule has 4 rings (SSSR count). The van der Waals surface area contributed by atoms with Crippen LogP contribution in [0.15, 0.2) is 41.6 Å². The van der Waals surface area contributed by atoms with E-state index in [-0.39, 0.29) is 35.9 Å². The van der Waals surface area contributed by atoms with E-state index in [4.69, 9.17) is 0 Å². The number of fused-ring (bicyclic) bond motifs is 2. The molecule has 2 amide bonds. The molecule has 1 fully saturated rings. The van der Waals surface area contributed by atoms with Crippen LogP contribution in [0.3, 0.4) is 0 Å². The van der Waals surface area contributed by atoms with E-state index in [1.165, 1.54) is 10.0 Å². The van der Waals surface area contributed by atoms with Crippen molar-refractivity contribution in [1.29, 1.82) is 0 Å². The fourth-order valence-electron chi connectivity index (χ4n) is 4.07. The van der Waals surface area contributed by atoms with E-state index in [9.17, 15) is 14.4 Å². The highest BCUT2D eigenvalue weighted by atomic mass is 16.2. The Bertz CT molecular complexity index is 779. The van der Waals surface area contributed by atoms with Crippen LogP contribution in [0.4, 0.5) is 0 Å². The lowest BCUT2D eigenvalue weighted by Crippen LogP contribution is -2.50. The highest BCUT2D eigenvalue weighted by Gasteiger charge is 2.52. The molecule has 24 heavy (non-hydrogen) atoms. The number of Topliss-reactive ketones (excluding diaryl/α,β-unsaturated/α-hetero) is 1.